The maximum Gasteiger partial charge on any atom is 0.261 e. The predicted molar refractivity (Wildman–Crippen MR) is 137 cm³/mol. The molecular weight excluding hydrogens is 516 g/mol. The van der Waals surface area contributed by atoms with E-state index < -0.39 is 10.0 Å². The SMILES string of the molecule is COc1ccc([C@H]2Nc3ccc(S(=O)(=O)Nc4ccc(Br)cc4)cc3[C@H]3C=CC[C@H]32)c(OC)c1. The van der Waals surface area contributed by atoms with Crippen molar-refractivity contribution in [2.45, 2.75) is 23.3 Å². The molecule has 0 radical (unpaired) electrons. The summed E-state index contributed by atoms with van der Waals surface area (Å²) in [4.78, 5) is 0.246. The monoisotopic (exact) mass is 540 g/mol. The van der Waals surface area contributed by atoms with Crippen LogP contribution >= 0.6 is 15.9 Å². The number of benzene rings is 3. The third-order valence-corrected chi connectivity index (χ3v) is 8.42. The molecule has 3 atom stereocenters. The van der Waals surface area contributed by atoms with Gasteiger partial charge in [0.15, 0.2) is 0 Å². The van der Waals surface area contributed by atoms with Gasteiger partial charge in [-0.25, -0.2) is 8.42 Å². The minimum absolute atomic E-state index is 0.0247. The minimum atomic E-state index is -3.72. The Morgan fingerprint density at radius 2 is 1.76 bits per heavy atom. The highest BCUT2D eigenvalue weighted by Crippen LogP contribution is 2.51. The number of fused-ring (bicyclic) bond motifs is 3. The lowest BCUT2D eigenvalue weighted by Crippen LogP contribution is -2.29. The molecule has 0 spiro atoms. The van der Waals surface area contributed by atoms with Gasteiger partial charge in [-0.3, -0.25) is 4.72 Å². The van der Waals surface area contributed by atoms with E-state index in [1.807, 2.05) is 24.3 Å². The molecular formula is C26H25BrN2O4S. The van der Waals surface area contributed by atoms with E-state index >= 15 is 0 Å². The molecule has 0 aromatic heterocycles. The second-order valence-electron chi connectivity index (χ2n) is 8.44. The summed E-state index contributed by atoms with van der Waals surface area (Å²) in [6, 6.07) is 18.3. The lowest BCUT2D eigenvalue weighted by Gasteiger charge is -2.38. The normalized spacial score (nSPS) is 20.7. The van der Waals surface area contributed by atoms with Crippen molar-refractivity contribution in [3.8, 4) is 11.5 Å². The van der Waals surface area contributed by atoms with Gasteiger partial charge in [0.05, 0.1) is 25.2 Å². The van der Waals surface area contributed by atoms with Crippen molar-refractivity contribution in [3.05, 3.63) is 88.4 Å². The Labute approximate surface area is 208 Å². The average Bonchev–Trinajstić information content (AvgIpc) is 3.34. The highest BCUT2D eigenvalue weighted by Gasteiger charge is 2.39. The van der Waals surface area contributed by atoms with Crippen molar-refractivity contribution >= 4 is 37.3 Å². The summed E-state index contributed by atoms with van der Waals surface area (Å²) in [7, 11) is -0.425. The van der Waals surface area contributed by atoms with Crippen LogP contribution in [0.25, 0.3) is 0 Å². The summed E-state index contributed by atoms with van der Waals surface area (Å²) in [5, 5.41) is 3.65. The fourth-order valence-electron chi connectivity index (χ4n) is 4.85. The first-order valence-electron chi connectivity index (χ1n) is 11.0. The molecule has 0 amide bonds. The molecule has 0 bridgehead atoms. The second-order valence-corrected chi connectivity index (χ2v) is 11.0. The molecule has 5 rings (SSSR count). The van der Waals surface area contributed by atoms with Gasteiger partial charge in [0, 0.05) is 33.4 Å². The lowest BCUT2D eigenvalue weighted by molar-refractivity contribution is 0.372. The van der Waals surface area contributed by atoms with Crippen LogP contribution < -0.4 is 19.5 Å². The Balaban J connectivity index is 1.49. The summed E-state index contributed by atoms with van der Waals surface area (Å²) >= 11 is 3.37. The molecule has 1 heterocycles. The van der Waals surface area contributed by atoms with Crippen LogP contribution in [-0.4, -0.2) is 22.6 Å². The molecule has 176 valence electrons. The van der Waals surface area contributed by atoms with Crippen molar-refractivity contribution in [1.82, 2.24) is 0 Å². The number of halogens is 1. The van der Waals surface area contributed by atoms with E-state index in [1.165, 1.54) is 0 Å². The Hall–Kier alpha value is -2.97. The zero-order valence-corrected chi connectivity index (χ0v) is 21.2. The fraction of sp³-hybridized carbons (Fsp3) is 0.231. The number of sulfonamides is 1. The van der Waals surface area contributed by atoms with E-state index in [4.69, 9.17) is 9.47 Å². The van der Waals surface area contributed by atoms with E-state index in [2.05, 4.69) is 38.1 Å². The van der Waals surface area contributed by atoms with Crippen molar-refractivity contribution in [2.24, 2.45) is 5.92 Å². The third kappa shape index (κ3) is 4.16. The van der Waals surface area contributed by atoms with Crippen molar-refractivity contribution in [1.29, 1.82) is 0 Å². The molecule has 8 heteroatoms. The molecule has 0 fully saturated rings. The zero-order valence-electron chi connectivity index (χ0n) is 18.8. The highest BCUT2D eigenvalue weighted by atomic mass is 79.9. The number of anilines is 2. The van der Waals surface area contributed by atoms with Crippen LogP contribution in [0.1, 0.15) is 29.5 Å². The van der Waals surface area contributed by atoms with Crippen LogP contribution in [-0.2, 0) is 10.0 Å². The van der Waals surface area contributed by atoms with Crippen molar-refractivity contribution in [2.75, 3.05) is 24.3 Å². The van der Waals surface area contributed by atoms with Gasteiger partial charge in [0.1, 0.15) is 11.5 Å². The molecule has 6 nitrogen and oxygen atoms in total. The summed E-state index contributed by atoms with van der Waals surface area (Å²) < 4.78 is 40.8. The number of rotatable bonds is 6. The van der Waals surface area contributed by atoms with Gasteiger partial charge < -0.3 is 14.8 Å². The zero-order chi connectivity index (χ0) is 23.9. The summed E-state index contributed by atoms with van der Waals surface area (Å²) in [6.45, 7) is 0. The summed E-state index contributed by atoms with van der Waals surface area (Å²) in [5.74, 6) is 1.86. The van der Waals surface area contributed by atoms with Gasteiger partial charge in [-0.2, -0.15) is 0 Å². The molecule has 0 saturated heterocycles. The van der Waals surface area contributed by atoms with Crippen LogP contribution in [0.2, 0.25) is 0 Å². The molecule has 3 aromatic carbocycles. The Kier molecular flexibility index (Phi) is 6.04. The minimum Gasteiger partial charge on any atom is -0.497 e. The first-order chi connectivity index (χ1) is 16.4. The highest BCUT2D eigenvalue weighted by molar-refractivity contribution is 9.10. The van der Waals surface area contributed by atoms with Crippen LogP contribution in [0.4, 0.5) is 11.4 Å². The predicted octanol–water partition coefficient (Wildman–Crippen LogP) is 6.09. The first kappa shape index (κ1) is 22.8. The van der Waals surface area contributed by atoms with Gasteiger partial charge in [-0.1, -0.05) is 28.1 Å². The van der Waals surface area contributed by atoms with Gasteiger partial charge >= 0.3 is 0 Å². The summed E-state index contributed by atoms with van der Waals surface area (Å²) in [5.41, 5.74) is 3.49. The van der Waals surface area contributed by atoms with E-state index in [1.54, 1.807) is 50.6 Å². The van der Waals surface area contributed by atoms with E-state index in [0.717, 1.165) is 39.2 Å². The summed E-state index contributed by atoms with van der Waals surface area (Å²) in [6.07, 6.45) is 5.26. The van der Waals surface area contributed by atoms with E-state index in [0.29, 0.717) is 5.69 Å². The van der Waals surface area contributed by atoms with Gasteiger partial charge in [0.2, 0.25) is 0 Å². The smallest absolute Gasteiger partial charge is 0.261 e. The first-order valence-corrected chi connectivity index (χ1v) is 13.2. The van der Waals surface area contributed by atoms with Crippen molar-refractivity contribution in [3.63, 3.8) is 0 Å². The second kappa shape index (κ2) is 9.00. The van der Waals surface area contributed by atoms with E-state index in [-0.39, 0.29) is 22.8 Å². The molecule has 0 unspecified atom stereocenters. The molecule has 3 aromatic rings. The molecule has 1 aliphatic carbocycles. The number of methoxy groups -OCH3 is 2. The van der Waals surface area contributed by atoms with Crippen LogP contribution in [0.15, 0.2) is 82.2 Å². The fourth-order valence-corrected chi connectivity index (χ4v) is 6.21. The topological polar surface area (TPSA) is 76.7 Å². The Bertz CT molecular complexity index is 1360. The van der Waals surface area contributed by atoms with Gasteiger partial charge in [-0.15, -0.1) is 0 Å². The van der Waals surface area contributed by atoms with Gasteiger partial charge in [-0.05, 0) is 72.5 Å². The Morgan fingerprint density at radius 1 is 0.971 bits per heavy atom. The number of hydrogen-bond acceptors (Lipinski definition) is 5. The molecule has 34 heavy (non-hydrogen) atoms. The van der Waals surface area contributed by atoms with Crippen LogP contribution in [0.5, 0.6) is 11.5 Å². The van der Waals surface area contributed by atoms with Crippen LogP contribution in [0, 0.1) is 5.92 Å². The quantitative estimate of drug-likeness (QED) is 0.369. The number of hydrogen-bond donors (Lipinski definition) is 2. The van der Waals surface area contributed by atoms with E-state index in [9.17, 15) is 8.42 Å². The number of allylic oxidation sites excluding steroid dienone is 2. The molecule has 1 aliphatic heterocycles. The number of ether oxygens (including phenoxy) is 2. The maximum absolute atomic E-state index is 13.1. The molecule has 2 N–H and O–H groups in total. The standard InChI is InChI=1S/C26H25BrN2O4S/c1-32-18-10-12-22(25(14-18)33-2)26-21-5-3-4-20(21)23-15-19(11-13-24(23)28-26)34(30,31)29-17-8-6-16(27)7-9-17/h3-4,6-15,20-21,26,28-29H,5H2,1-2H3/t20-,21+,26-/m0/s1. The molecule has 2 aliphatic rings. The largest absolute Gasteiger partial charge is 0.497 e. The third-order valence-electron chi connectivity index (χ3n) is 6.52. The average molecular weight is 541 g/mol. The molecule has 0 saturated carbocycles. The van der Waals surface area contributed by atoms with Crippen LogP contribution in [0.3, 0.4) is 0 Å². The lowest BCUT2D eigenvalue weighted by atomic mass is 9.77. The maximum atomic E-state index is 13.1. The van der Waals surface area contributed by atoms with Crippen molar-refractivity contribution < 1.29 is 17.9 Å². The number of nitrogens with one attached hydrogen (secondary N) is 2. The Morgan fingerprint density at radius 3 is 2.50 bits per heavy atom. The van der Waals surface area contributed by atoms with Gasteiger partial charge in [0.25, 0.3) is 10.0 Å².